The number of benzene rings is 2. The smallest absolute Gasteiger partial charge is 0.344 e. The van der Waals surface area contributed by atoms with Crippen LogP contribution in [0.3, 0.4) is 0 Å². The highest BCUT2D eigenvalue weighted by atomic mass is 16.6. The Morgan fingerprint density at radius 2 is 1.74 bits per heavy atom. The maximum atomic E-state index is 11.9. The molecular formula is C22H25NO4. The second-order valence-electron chi connectivity index (χ2n) is 6.91. The molecule has 142 valence electrons. The van der Waals surface area contributed by atoms with Crippen LogP contribution >= 0.6 is 0 Å². The van der Waals surface area contributed by atoms with Crippen molar-refractivity contribution in [2.75, 3.05) is 13.2 Å². The van der Waals surface area contributed by atoms with Gasteiger partial charge in [0.2, 0.25) is 0 Å². The van der Waals surface area contributed by atoms with Crippen LogP contribution in [0.4, 0.5) is 0 Å². The Morgan fingerprint density at radius 3 is 2.48 bits per heavy atom. The molecule has 1 aliphatic carbocycles. The molecule has 0 spiro atoms. The number of carbonyl (C=O) groups excluding carboxylic acids is 2. The number of rotatable bonds is 9. The molecule has 3 rings (SSSR count). The Bertz CT molecular complexity index is 771. The minimum Gasteiger partial charge on any atom is -0.482 e. The maximum absolute atomic E-state index is 11.9. The highest BCUT2D eigenvalue weighted by molar-refractivity contribution is 5.81. The number of ether oxygens (including phenoxy) is 2. The van der Waals surface area contributed by atoms with Crippen molar-refractivity contribution in [3.05, 3.63) is 65.7 Å². The highest BCUT2D eigenvalue weighted by Gasteiger charge is 2.28. The number of amides is 1. The molecule has 0 aliphatic heterocycles. The third-order valence-electron chi connectivity index (χ3n) is 4.64. The van der Waals surface area contributed by atoms with Crippen LogP contribution in [-0.4, -0.2) is 31.1 Å². The summed E-state index contributed by atoms with van der Waals surface area (Å²) in [6.45, 7) is 1.48. The van der Waals surface area contributed by atoms with Crippen molar-refractivity contribution >= 4 is 11.9 Å². The van der Waals surface area contributed by atoms with Gasteiger partial charge in [-0.1, -0.05) is 48.5 Å². The van der Waals surface area contributed by atoms with Gasteiger partial charge in [0.15, 0.2) is 13.2 Å². The summed E-state index contributed by atoms with van der Waals surface area (Å²) >= 11 is 0. The molecule has 1 atom stereocenters. The molecule has 5 nitrogen and oxygen atoms in total. The quantitative estimate of drug-likeness (QED) is 0.692. The van der Waals surface area contributed by atoms with E-state index in [0.717, 1.165) is 24.0 Å². The molecule has 0 unspecified atom stereocenters. The first-order valence-electron chi connectivity index (χ1n) is 9.31. The lowest BCUT2D eigenvalue weighted by atomic mass is 10.0. The third kappa shape index (κ3) is 6.13. The van der Waals surface area contributed by atoms with E-state index in [1.807, 2.05) is 61.5 Å². The number of nitrogens with one attached hydrogen (secondary N) is 1. The van der Waals surface area contributed by atoms with Crippen molar-refractivity contribution in [1.29, 1.82) is 0 Å². The average Bonchev–Trinajstić information content (AvgIpc) is 3.52. The van der Waals surface area contributed by atoms with Gasteiger partial charge in [0.1, 0.15) is 5.75 Å². The molecule has 0 bridgehead atoms. The van der Waals surface area contributed by atoms with E-state index < -0.39 is 5.97 Å². The SMILES string of the molecule is C[C@H](NC(=O)COC(=O)COc1ccccc1Cc1ccccc1)C1CC1. The lowest BCUT2D eigenvalue weighted by molar-refractivity contribution is -0.150. The maximum Gasteiger partial charge on any atom is 0.344 e. The first-order valence-corrected chi connectivity index (χ1v) is 9.31. The summed E-state index contributed by atoms with van der Waals surface area (Å²) in [5.74, 6) is 0.380. The largest absolute Gasteiger partial charge is 0.482 e. The zero-order valence-corrected chi connectivity index (χ0v) is 15.5. The highest BCUT2D eigenvalue weighted by Crippen LogP contribution is 2.32. The van der Waals surface area contributed by atoms with Crippen LogP contribution in [-0.2, 0) is 20.7 Å². The van der Waals surface area contributed by atoms with Crippen LogP contribution in [0.5, 0.6) is 5.75 Å². The Hall–Kier alpha value is -2.82. The molecule has 0 heterocycles. The van der Waals surface area contributed by atoms with Crippen LogP contribution in [0.1, 0.15) is 30.9 Å². The number of esters is 1. The van der Waals surface area contributed by atoms with Crippen LogP contribution in [0.2, 0.25) is 0 Å². The molecular weight excluding hydrogens is 342 g/mol. The summed E-state index contributed by atoms with van der Waals surface area (Å²) in [5, 5.41) is 2.85. The van der Waals surface area contributed by atoms with E-state index in [4.69, 9.17) is 9.47 Å². The molecule has 1 aliphatic rings. The van der Waals surface area contributed by atoms with E-state index in [-0.39, 0.29) is 25.2 Å². The van der Waals surface area contributed by atoms with Gasteiger partial charge in [0.05, 0.1) is 0 Å². The zero-order valence-electron chi connectivity index (χ0n) is 15.5. The Labute approximate surface area is 159 Å². The van der Waals surface area contributed by atoms with Gasteiger partial charge in [-0.05, 0) is 42.9 Å². The molecule has 5 heteroatoms. The number of hydrogen-bond acceptors (Lipinski definition) is 4. The van der Waals surface area contributed by atoms with Gasteiger partial charge in [-0.15, -0.1) is 0 Å². The van der Waals surface area contributed by atoms with E-state index in [0.29, 0.717) is 18.1 Å². The van der Waals surface area contributed by atoms with E-state index in [9.17, 15) is 9.59 Å². The van der Waals surface area contributed by atoms with Crippen LogP contribution in [0.25, 0.3) is 0 Å². The van der Waals surface area contributed by atoms with Gasteiger partial charge in [-0.3, -0.25) is 4.79 Å². The van der Waals surface area contributed by atoms with Gasteiger partial charge in [-0.2, -0.15) is 0 Å². The monoisotopic (exact) mass is 367 g/mol. The third-order valence-corrected chi connectivity index (χ3v) is 4.64. The predicted molar refractivity (Wildman–Crippen MR) is 102 cm³/mol. The first-order chi connectivity index (χ1) is 13.1. The Morgan fingerprint density at radius 1 is 1.04 bits per heavy atom. The standard InChI is InChI=1S/C22H25NO4/c1-16(18-11-12-18)23-21(24)14-27-22(25)15-26-20-10-6-5-9-19(20)13-17-7-3-2-4-8-17/h2-10,16,18H,11-15H2,1H3,(H,23,24)/t16-/m0/s1. The molecule has 1 fully saturated rings. The minimum absolute atomic E-state index is 0.136. The summed E-state index contributed by atoms with van der Waals surface area (Å²) in [5.41, 5.74) is 2.16. The summed E-state index contributed by atoms with van der Waals surface area (Å²) in [6, 6.07) is 17.8. The number of hydrogen-bond donors (Lipinski definition) is 1. The fourth-order valence-corrected chi connectivity index (χ4v) is 2.94. The van der Waals surface area contributed by atoms with Gasteiger partial charge in [0, 0.05) is 12.5 Å². The molecule has 0 aromatic heterocycles. The van der Waals surface area contributed by atoms with Crippen molar-refractivity contribution in [3.63, 3.8) is 0 Å². The summed E-state index contributed by atoms with van der Waals surface area (Å²) < 4.78 is 10.6. The Balaban J connectivity index is 1.45. The zero-order chi connectivity index (χ0) is 19.1. The first kappa shape index (κ1) is 19.0. The molecule has 2 aromatic carbocycles. The average molecular weight is 367 g/mol. The van der Waals surface area contributed by atoms with Gasteiger partial charge in [-0.25, -0.2) is 4.79 Å². The van der Waals surface area contributed by atoms with Crippen LogP contribution < -0.4 is 10.1 Å². The van der Waals surface area contributed by atoms with Gasteiger partial charge >= 0.3 is 5.97 Å². The van der Waals surface area contributed by atoms with E-state index in [1.165, 1.54) is 0 Å². The lowest BCUT2D eigenvalue weighted by Crippen LogP contribution is -2.37. The summed E-state index contributed by atoms with van der Waals surface area (Å²) in [7, 11) is 0. The predicted octanol–water partition coefficient (Wildman–Crippen LogP) is 3.11. The van der Waals surface area contributed by atoms with Gasteiger partial charge in [0.25, 0.3) is 5.91 Å². The summed E-state index contributed by atoms with van der Waals surface area (Å²) in [6.07, 6.45) is 3.02. The molecule has 27 heavy (non-hydrogen) atoms. The van der Waals surface area contributed by atoms with Crippen molar-refractivity contribution in [2.45, 2.75) is 32.2 Å². The topological polar surface area (TPSA) is 64.6 Å². The van der Waals surface area contributed by atoms with Crippen molar-refractivity contribution in [1.82, 2.24) is 5.32 Å². The van der Waals surface area contributed by atoms with E-state index in [1.54, 1.807) is 0 Å². The second-order valence-corrected chi connectivity index (χ2v) is 6.91. The molecule has 0 saturated heterocycles. The van der Waals surface area contributed by atoms with Crippen molar-refractivity contribution < 1.29 is 19.1 Å². The lowest BCUT2D eigenvalue weighted by Gasteiger charge is -2.13. The van der Waals surface area contributed by atoms with Crippen molar-refractivity contribution in [2.24, 2.45) is 5.92 Å². The van der Waals surface area contributed by atoms with Gasteiger partial charge < -0.3 is 14.8 Å². The van der Waals surface area contributed by atoms with Crippen molar-refractivity contribution in [3.8, 4) is 5.75 Å². The Kier molecular flexibility index (Phi) is 6.47. The fourth-order valence-electron chi connectivity index (χ4n) is 2.94. The van der Waals surface area contributed by atoms with E-state index in [2.05, 4.69) is 5.32 Å². The van der Waals surface area contributed by atoms with E-state index >= 15 is 0 Å². The van der Waals surface area contributed by atoms with Crippen LogP contribution in [0, 0.1) is 5.92 Å². The molecule has 2 aromatic rings. The minimum atomic E-state index is -0.557. The molecule has 1 saturated carbocycles. The fraction of sp³-hybridized carbons (Fsp3) is 0.364. The molecule has 0 radical (unpaired) electrons. The normalized spacial score (nSPS) is 14.3. The second kappa shape index (κ2) is 9.21. The number of para-hydroxylation sites is 1. The van der Waals surface area contributed by atoms with Crippen LogP contribution in [0.15, 0.2) is 54.6 Å². The molecule has 1 N–H and O–H groups in total. The number of carbonyl (C=O) groups is 2. The molecule has 1 amide bonds. The summed E-state index contributed by atoms with van der Waals surface area (Å²) in [4.78, 5) is 23.7.